The molecule has 7 heteroatoms. The number of rotatable bonds is 6. The molecule has 0 radical (unpaired) electrons. The maximum absolute atomic E-state index is 12.4. The van der Waals surface area contributed by atoms with Crippen LogP contribution < -0.4 is 10.0 Å². The van der Waals surface area contributed by atoms with Gasteiger partial charge in [0.2, 0.25) is 0 Å². The molecule has 1 heterocycles. The lowest BCUT2D eigenvalue weighted by molar-refractivity contribution is 0.560. The number of aromatic nitrogens is 2. The van der Waals surface area contributed by atoms with Gasteiger partial charge in [-0.25, -0.2) is 13.1 Å². The van der Waals surface area contributed by atoms with Gasteiger partial charge >= 0.3 is 0 Å². The van der Waals surface area contributed by atoms with E-state index in [-0.39, 0.29) is 11.1 Å². The van der Waals surface area contributed by atoms with Crippen LogP contribution in [-0.2, 0) is 16.6 Å². The predicted octanol–water partition coefficient (Wildman–Crippen LogP) is 1.48. The first-order chi connectivity index (χ1) is 9.94. The van der Waals surface area contributed by atoms with Gasteiger partial charge in [-0.1, -0.05) is 29.8 Å². The van der Waals surface area contributed by atoms with Crippen molar-refractivity contribution in [2.24, 2.45) is 0 Å². The molecule has 0 aliphatic heterocycles. The predicted molar refractivity (Wildman–Crippen MR) is 81.3 cm³/mol. The van der Waals surface area contributed by atoms with E-state index in [2.05, 4.69) is 20.2 Å². The van der Waals surface area contributed by atoms with E-state index in [4.69, 9.17) is 0 Å². The second kappa shape index (κ2) is 6.38. The number of benzene rings is 1. The Balaban J connectivity index is 2.20. The number of aromatic amines is 1. The summed E-state index contributed by atoms with van der Waals surface area (Å²) in [6, 6.07) is 7.45. The zero-order valence-electron chi connectivity index (χ0n) is 12.3. The molecule has 0 fully saturated rings. The van der Waals surface area contributed by atoms with Crippen molar-refractivity contribution in [3.63, 3.8) is 0 Å². The largest absolute Gasteiger partial charge is 0.316 e. The molecule has 1 atom stereocenters. The van der Waals surface area contributed by atoms with Gasteiger partial charge in [-0.05, 0) is 26.5 Å². The Hall–Kier alpha value is -1.70. The Morgan fingerprint density at radius 3 is 2.57 bits per heavy atom. The van der Waals surface area contributed by atoms with Crippen LogP contribution in [0, 0.1) is 6.92 Å². The summed E-state index contributed by atoms with van der Waals surface area (Å²) in [5.74, 6) is 0. The van der Waals surface area contributed by atoms with Gasteiger partial charge in [0.15, 0.2) is 5.03 Å². The third kappa shape index (κ3) is 3.69. The number of nitrogens with one attached hydrogen (secondary N) is 3. The molecule has 2 aromatic rings. The van der Waals surface area contributed by atoms with Gasteiger partial charge in [0.1, 0.15) is 0 Å². The van der Waals surface area contributed by atoms with Crippen molar-refractivity contribution in [3.8, 4) is 0 Å². The second-order valence-corrected chi connectivity index (χ2v) is 6.66. The van der Waals surface area contributed by atoms with Crippen molar-refractivity contribution in [1.29, 1.82) is 0 Å². The fraction of sp³-hybridized carbons (Fsp3) is 0.357. The van der Waals surface area contributed by atoms with E-state index in [1.54, 1.807) is 7.05 Å². The molecule has 114 valence electrons. The molecule has 0 aliphatic rings. The van der Waals surface area contributed by atoms with Gasteiger partial charge in [-0.15, -0.1) is 0 Å². The molecular formula is C14H20N4O2S. The normalized spacial score (nSPS) is 13.3. The molecule has 0 amide bonds. The van der Waals surface area contributed by atoms with E-state index >= 15 is 0 Å². The molecule has 0 bridgehead atoms. The van der Waals surface area contributed by atoms with Crippen LogP contribution in [0.4, 0.5) is 0 Å². The molecule has 0 saturated carbocycles. The summed E-state index contributed by atoms with van der Waals surface area (Å²) in [6.07, 6.45) is 1.52. The van der Waals surface area contributed by atoms with E-state index in [1.807, 2.05) is 38.1 Å². The van der Waals surface area contributed by atoms with Gasteiger partial charge in [-0.3, -0.25) is 5.10 Å². The van der Waals surface area contributed by atoms with Crippen LogP contribution in [-0.4, -0.2) is 25.7 Å². The Morgan fingerprint density at radius 1 is 1.29 bits per heavy atom. The van der Waals surface area contributed by atoms with E-state index in [0.29, 0.717) is 12.1 Å². The van der Waals surface area contributed by atoms with Crippen LogP contribution in [0.25, 0.3) is 0 Å². The summed E-state index contributed by atoms with van der Waals surface area (Å²) >= 11 is 0. The molecule has 0 saturated heterocycles. The molecule has 1 unspecified atom stereocenters. The summed E-state index contributed by atoms with van der Waals surface area (Å²) in [7, 11) is -1.88. The maximum Gasteiger partial charge on any atom is 0.258 e. The van der Waals surface area contributed by atoms with Crippen LogP contribution in [0.5, 0.6) is 0 Å². The fourth-order valence-electron chi connectivity index (χ4n) is 2.06. The van der Waals surface area contributed by atoms with E-state index in [9.17, 15) is 8.42 Å². The smallest absolute Gasteiger partial charge is 0.258 e. The van der Waals surface area contributed by atoms with Gasteiger partial charge in [0.25, 0.3) is 10.0 Å². The van der Waals surface area contributed by atoms with Crippen molar-refractivity contribution in [1.82, 2.24) is 20.2 Å². The van der Waals surface area contributed by atoms with Gasteiger partial charge in [0, 0.05) is 18.2 Å². The molecule has 2 rings (SSSR count). The third-order valence-electron chi connectivity index (χ3n) is 3.22. The molecular weight excluding hydrogens is 288 g/mol. The second-order valence-electron chi connectivity index (χ2n) is 5.01. The highest BCUT2D eigenvalue weighted by molar-refractivity contribution is 7.89. The quantitative estimate of drug-likeness (QED) is 0.754. The van der Waals surface area contributed by atoms with E-state index in [0.717, 1.165) is 11.1 Å². The molecule has 1 aromatic heterocycles. The minimum Gasteiger partial charge on any atom is -0.316 e. The SMILES string of the molecule is CNCc1cn[nH]c1S(=O)(=O)NC(C)c1ccc(C)cc1. The van der Waals surface area contributed by atoms with Crippen LogP contribution >= 0.6 is 0 Å². The summed E-state index contributed by atoms with van der Waals surface area (Å²) in [6.45, 7) is 4.25. The molecule has 1 aromatic carbocycles. The lowest BCUT2D eigenvalue weighted by Crippen LogP contribution is -2.28. The van der Waals surface area contributed by atoms with Gasteiger partial charge in [0.05, 0.1) is 6.20 Å². The monoisotopic (exact) mass is 308 g/mol. The van der Waals surface area contributed by atoms with Crippen molar-refractivity contribution in [2.75, 3.05) is 7.05 Å². The summed E-state index contributed by atoms with van der Waals surface area (Å²) in [4.78, 5) is 0. The van der Waals surface area contributed by atoms with Crippen LogP contribution in [0.2, 0.25) is 0 Å². The highest BCUT2D eigenvalue weighted by Crippen LogP contribution is 2.18. The van der Waals surface area contributed by atoms with E-state index in [1.165, 1.54) is 6.20 Å². The lowest BCUT2D eigenvalue weighted by Gasteiger charge is -2.15. The number of aryl methyl sites for hydroxylation is 1. The van der Waals surface area contributed by atoms with Gasteiger partial charge < -0.3 is 5.32 Å². The van der Waals surface area contributed by atoms with Crippen LogP contribution in [0.15, 0.2) is 35.5 Å². The zero-order valence-corrected chi connectivity index (χ0v) is 13.2. The minimum atomic E-state index is -3.64. The highest BCUT2D eigenvalue weighted by atomic mass is 32.2. The van der Waals surface area contributed by atoms with Crippen molar-refractivity contribution in [2.45, 2.75) is 31.5 Å². The Kier molecular flexibility index (Phi) is 4.76. The zero-order chi connectivity index (χ0) is 15.5. The van der Waals surface area contributed by atoms with E-state index < -0.39 is 10.0 Å². The standard InChI is InChI=1S/C14H20N4O2S/c1-10-4-6-12(7-5-10)11(2)18-21(19,20)14-13(8-15-3)9-16-17-14/h4-7,9,11,15,18H,8H2,1-3H3,(H,16,17). The number of sulfonamides is 1. The third-order valence-corrected chi connectivity index (χ3v) is 4.78. The van der Waals surface area contributed by atoms with Crippen molar-refractivity contribution < 1.29 is 8.42 Å². The van der Waals surface area contributed by atoms with Crippen molar-refractivity contribution >= 4 is 10.0 Å². The molecule has 0 spiro atoms. The summed E-state index contributed by atoms with van der Waals surface area (Å²) < 4.78 is 27.5. The molecule has 21 heavy (non-hydrogen) atoms. The average molecular weight is 308 g/mol. The van der Waals surface area contributed by atoms with Gasteiger partial charge in [-0.2, -0.15) is 5.10 Å². The number of nitrogens with zero attached hydrogens (tertiary/aromatic N) is 1. The topological polar surface area (TPSA) is 86.9 Å². The first-order valence-electron chi connectivity index (χ1n) is 6.70. The Labute approximate surface area is 125 Å². The Morgan fingerprint density at radius 2 is 1.95 bits per heavy atom. The average Bonchev–Trinajstić information content (AvgIpc) is 2.88. The van der Waals surface area contributed by atoms with Crippen molar-refractivity contribution in [3.05, 3.63) is 47.2 Å². The first kappa shape index (κ1) is 15.7. The van der Waals surface area contributed by atoms with Crippen LogP contribution in [0.3, 0.4) is 0 Å². The Bertz CT molecular complexity index is 692. The van der Waals surface area contributed by atoms with Crippen LogP contribution in [0.1, 0.15) is 29.7 Å². The molecule has 6 nitrogen and oxygen atoms in total. The fourth-order valence-corrected chi connectivity index (χ4v) is 3.43. The summed E-state index contributed by atoms with van der Waals surface area (Å²) in [5, 5.41) is 9.40. The highest BCUT2D eigenvalue weighted by Gasteiger charge is 2.23. The number of hydrogen-bond acceptors (Lipinski definition) is 4. The number of H-pyrrole nitrogens is 1. The molecule has 0 aliphatic carbocycles. The number of hydrogen-bond donors (Lipinski definition) is 3. The lowest BCUT2D eigenvalue weighted by atomic mass is 10.1. The molecule has 3 N–H and O–H groups in total. The minimum absolute atomic E-state index is 0.107. The maximum atomic E-state index is 12.4. The summed E-state index contributed by atoms with van der Waals surface area (Å²) in [5.41, 5.74) is 2.67. The first-order valence-corrected chi connectivity index (χ1v) is 8.18.